The molecule has 3 rings (SSSR count). The fraction of sp³-hybridized carbons (Fsp3) is 0.429. The Morgan fingerprint density at radius 2 is 2.41 bits per heavy atom. The molecule has 22 heavy (non-hydrogen) atoms. The van der Waals surface area contributed by atoms with Gasteiger partial charge in [0.2, 0.25) is 11.6 Å². The second-order valence-electron chi connectivity index (χ2n) is 5.32. The fourth-order valence-corrected chi connectivity index (χ4v) is 2.70. The molecule has 1 amide bonds. The molecular weight excluding hydrogens is 284 g/mol. The summed E-state index contributed by atoms with van der Waals surface area (Å²) < 4.78 is 7.12. The minimum absolute atomic E-state index is 0.0434. The first-order chi connectivity index (χ1) is 10.7. The number of primary amides is 1. The average Bonchev–Trinajstić information content (AvgIpc) is 3.16. The summed E-state index contributed by atoms with van der Waals surface area (Å²) in [5.41, 5.74) is 5.18. The number of likely N-dealkylation sites (tertiary alicyclic amines) is 1. The van der Waals surface area contributed by atoms with Gasteiger partial charge in [-0.1, -0.05) is 0 Å². The number of carbonyl (C=O) groups is 1. The van der Waals surface area contributed by atoms with Gasteiger partial charge in [0, 0.05) is 6.54 Å². The highest BCUT2D eigenvalue weighted by molar-refractivity contribution is 5.88. The molecule has 3 heterocycles. The molecule has 1 saturated heterocycles. The number of carbonyl (C=O) groups excluding carboxylic acids is 1. The molecule has 0 unspecified atom stereocenters. The summed E-state index contributed by atoms with van der Waals surface area (Å²) in [5, 5.41) is 12.9. The number of furan rings is 1. The molecule has 1 aliphatic rings. The van der Waals surface area contributed by atoms with Gasteiger partial charge in [-0.25, -0.2) is 9.67 Å². The summed E-state index contributed by atoms with van der Waals surface area (Å²) in [6.45, 7) is 2.39. The van der Waals surface area contributed by atoms with E-state index in [-0.39, 0.29) is 11.9 Å². The van der Waals surface area contributed by atoms with E-state index >= 15 is 0 Å². The van der Waals surface area contributed by atoms with Crippen LogP contribution in [0.25, 0.3) is 0 Å². The lowest BCUT2D eigenvalue weighted by Gasteiger charge is -2.31. The molecule has 8 heteroatoms. The normalized spacial score (nSPS) is 19.0. The standard InChI is InChI=1S/C14H16N6O2/c15-6-11-3-4-12(22-11)8-19-5-1-2-10(7-19)20-9-17-14(18-20)13(16)21/h3-4,9-10H,1-2,5,7-8H2,(H2,16,21)/t10-/m1/s1. The average molecular weight is 300 g/mol. The first-order valence-corrected chi connectivity index (χ1v) is 7.08. The van der Waals surface area contributed by atoms with Crippen LogP contribution in [0, 0.1) is 11.3 Å². The topological polar surface area (TPSA) is 114 Å². The molecular formula is C14H16N6O2. The third-order valence-electron chi connectivity index (χ3n) is 3.73. The van der Waals surface area contributed by atoms with Crippen LogP contribution in [0.4, 0.5) is 0 Å². The van der Waals surface area contributed by atoms with Crippen molar-refractivity contribution in [3.05, 3.63) is 35.8 Å². The summed E-state index contributed by atoms with van der Waals surface area (Å²) in [5.74, 6) is 0.521. The molecule has 0 aromatic carbocycles. The van der Waals surface area contributed by atoms with Crippen molar-refractivity contribution in [2.75, 3.05) is 13.1 Å². The second kappa shape index (κ2) is 5.99. The van der Waals surface area contributed by atoms with Crippen molar-refractivity contribution < 1.29 is 9.21 Å². The molecule has 0 aliphatic carbocycles. The van der Waals surface area contributed by atoms with E-state index in [9.17, 15) is 4.79 Å². The lowest BCUT2D eigenvalue weighted by Crippen LogP contribution is -2.36. The molecule has 1 aliphatic heterocycles. The highest BCUT2D eigenvalue weighted by atomic mass is 16.3. The van der Waals surface area contributed by atoms with Gasteiger partial charge in [-0.3, -0.25) is 9.69 Å². The van der Waals surface area contributed by atoms with E-state index in [2.05, 4.69) is 15.0 Å². The molecule has 114 valence electrons. The Morgan fingerprint density at radius 3 is 3.09 bits per heavy atom. The maximum absolute atomic E-state index is 11.1. The minimum atomic E-state index is -0.619. The zero-order valence-electron chi connectivity index (χ0n) is 12.0. The molecule has 8 nitrogen and oxygen atoms in total. The summed E-state index contributed by atoms with van der Waals surface area (Å²) in [7, 11) is 0. The molecule has 2 aromatic heterocycles. The maximum atomic E-state index is 11.1. The summed E-state index contributed by atoms with van der Waals surface area (Å²) in [6.07, 6.45) is 3.54. The van der Waals surface area contributed by atoms with Crippen molar-refractivity contribution in [3.63, 3.8) is 0 Å². The Hall–Kier alpha value is -2.66. The van der Waals surface area contributed by atoms with Gasteiger partial charge in [-0.2, -0.15) is 5.26 Å². The van der Waals surface area contributed by atoms with Crippen molar-refractivity contribution in [2.45, 2.75) is 25.4 Å². The van der Waals surface area contributed by atoms with Gasteiger partial charge in [0.1, 0.15) is 18.2 Å². The van der Waals surface area contributed by atoms with E-state index in [0.717, 1.165) is 31.7 Å². The predicted octanol–water partition coefficient (Wildman–Crippen LogP) is 0.679. The Labute approximate surface area is 127 Å². The quantitative estimate of drug-likeness (QED) is 0.888. The highest BCUT2D eigenvalue weighted by Crippen LogP contribution is 2.22. The van der Waals surface area contributed by atoms with Crippen molar-refractivity contribution in [1.29, 1.82) is 5.26 Å². The Balaban J connectivity index is 1.65. The van der Waals surface area contributed by atoms with Gasteiger partial charge in [0.15, 0.2) is 0 Å². The van der Waals surface area contributed by atoms with Crippen LogP contribution < -0.4 is 5.73 Å². The largest absolute Gasteiger partial charge is 0.449 e. The number of nitriles is 1. The van der Waals surface area contributed by atoms with Gasteiger partial charge < -0.3 is 10.2 Å². The number of aromatic nitrogens is 3. The van der Waals surface area contributed by atoms with Crippen LogP contribution in [0.1, 0.15) is 41.0 Å². The number of nitrogens with zero attached hydrogens (tertiary/aromatic N) is 5. The third-order valence-corrected chi connectivity index (χ3v) is 3.73. The number of hydrogen-bond acceptors (Lipinski definition) is 6. The molecule has 2 N–H and O–H groups in total. The molecule has 0 bridgehead atoms. The van der Waals surface area contributed by atoms with Crippen LogP contribution in [0.15, 0.2) is 22.9 Å². The van der Waals surface area contributed by atoms with Crippen LogP contribution in [0.2, 0.25) is 0 Å². The van der Waals surface area contributed by atoms with Crippen LogP contribution in [0.3, 0.4) is 0 Å². The van der Waals surface area contributed by atoms with E-state index in [0.29, 0.717) is 12.3 Å². The minimum Gasteiger partial charge on any atom is -0.449 e. The summed E-state index contributed by atoms with van der Waals surface area (Å²) in [4.78, 5) is 17.2. The second-order valence-corrected chi connectivity index (χ2v) is 5.32. The molecule has 1 fully saturated rings. The molecule has 0 spiro atoms. The monoisotopic (exact) mass is 300 g/mol. The first kappa shape index (κ1) is 14.3. The number of rotatable bonds is 4. The van der Waals surface area contributed by atoms with E-state index in [1.54, 1.807) is 17.1 Å². The Kier molecular flexibility index (Phi) is 3.89. The van der Waals surface area contributed by atoms with Crippen LogP contribution in [-0.4, -0.2) is 38.7 Å². The molecule has 0 radical (unpaired) electrons. The van der Waals surface area contributed by atoms with E-state index in [1.165, 1.54) is 0 Å². The van der Waals surface area contributed by atoms with Crippen molar-refractivity contribution in [2.24, 2.45) is 5.73 Å². The first-order valence-electron chi connectivity index (χ1n) is 7.08. The smallest absolute Gasteiger partial charge is 0.288 e. The highest BCUT2D eigenvalue weighted by Gasteiger charge is 2.23. The third kappa shape index (κ3) is 2.99. The number of piperidine rings is 1. The Morgan fingerprint density at radius 1 is 1.55 bits per heavy atom. The van der Waals surface area contributed by atoms with Crippen LogP contribution in [0.5, 0.6) is 0 Å². The van der Waals surface area contributed by atoms with E-state index in [4.69, 9.17) is 15.4 Å². The molecule has 1 atom stereocenters. The van der Waals surface area contributed by atoms with Gasteiger partial charge in [-0.05, 0) is 31.5 Å². The zero-order chi connectivity index (χ0) is 15.5. The van der Waals surface area contributed by atoms with Gasteiger partial charge in [-0.15, -0.1) is 5.10 Å². The van der Waals surface area contributed by atoms with E-state index < -0.39 is 5.91 Å². The van der Waals surface area contributed by atoms with Gasteiger partial charge in [0.05, 0.1) is 12.6 Å². The van der Waals surface area contributed by atoms with Crippen molar-refractivity contribution in [1.82, 2.24) is 19.7 Å². The van der Waals surface area contributed by atoms with Gasteiger partial charge >= 0.3 is 0 Å². The van der Waals surface area contributed by atoms with E-state index in [1.807, 2.05) is 12.1 Å². The fourth-order valence-electron chi connectivity index (χ4n) is 2.70. The van der Waals surface area contributed by atoms with Crippen molar-refractivity contribution in [3.8, 4) is 6.07 Å². The Bertz CT molecular complexity index is 713. The summed E-state index contributed by atoms with van der Waals surface area (Å²) >= 11 is 0. The number of hydrogen-bond donors (Lipinski definition) is 1. The maximum Gasteiger partial charge on any atom is 0.288 e. The predicted molar refractivity (Wildman–Crippen MR) is 75.5 cm³/mol. The van der Waals surface area contributed by atoms with Gasteiger partial charge in [0.25, 0.3) is 5.91 Å². The zero-order valence-corrected chi connectivity index (χ0v) is 12.0. The molecule has 0 saturated carbocycles. The number of nitrogens with two attached hydrogens (primary N) is 1. The lowest BCUT2D eigenvalue weighted by molar-refractivity contribution is 0.0988. The number of amides is 1. The SMILES string of the molecule is N#Cc1ccc(CN2CCC[C@@H](n3cnc(C(N)=O)n3)C2)o1. The lowest BCUT2D eigenvalue weighted by atomic mass is 10.1. The molecule has 2 aromatic rings. The van der Waals surface area contributed by atoms with Crippen LogP contribution in [-0.2, 0) is 6.54 Å². The summed E-state index contributed by atoms with van der Waals surface area (Å²) in [6, 6.07) is 5.63. The van der Waals surface area contributed by atoms with Crippen molar-refractivity contribution >= 4 is 5.91 Å². The van der Waals surface area contributed by atoms with Crippen LogP contribution >= 0.6 is 0 Å².